The summed E-state index contributed by atoms with van der Waals surface area (Å²) in [6, 6.07) is 17.5. The number of fused-ring (bicyclic) bond motifs is 4. The summed E-state index contributed by atoms with van der Waals surface area (Å²) < 4.78 is 27.5. The molecule has 1 aliphatic rings. The average molecular weight is 614 g/mol. The van der Waals surface area contributed by atoms with Crippen molar-refractivity contribution in [1.29, 1.82) is 0 Å². The number of esters is 1. The minimum absolute atomic E-state index is 0.156. The van der Waals surface area contributed by atoms with Crippen molar-refractivity contribution in [3.63, 3.8) is 0 Å². The topological polar surface area (TPSA) is 130 Å². The number of rotatable bonds is 6. The number of benzene rings is 2. The van der Waals surface area contributed by atoms with Crippen molar-refractivity contribution in [2.45, 2.75) is 51.6 Å². The largest absolute Gasteiger partial charge is 0.588 e. The van der Waals surface area contributed by atoms with Gasteiger partial charge in [-0.1, -0.05) is 44.2 Å². The lowest BCUT2D eigenvalue weighted by Crippen LogP contribution is -2.44. The Morgan fingerprint density at radius 1 is 1.11 bits per heavy atom. The highest BCUT2D eigenvalue weighted by Crippen LogP contribution is 2.30. The Hall–Kier alpha value is -4.48. The summed E-state index contributed by atoms with van der Waals surface area (Å²) in [5, 5.41) is 0. The fraction of sp³-hybridized carbons (Fsp3) is 0.303. The Morgan fingerprint density at radius 2 is 1.86 bits per heavy atom. The van der Waals surface area contributed by atoms with E-state index in [2.05, 4.69) is 28.5 Å². The molecule has 11 heteroatoms. The third kappa shape index (κ3) is 7.00. The molecule has 2 aromatic heterocycles. The summed E-state index contributed by atoms with van der Waals surface area (Å²) in [7, 11) is 1.30. The van der Waals surface area contributed by atoms with Crippen LogP contribution in [-0.2, 0) is 22.6 Å². The van der Waals surface area contributed by atoms with Gasteiger partial charge in [-0.15, -0.1) is 0 Å². The quantitative estimate of drug-likeness (QED) is 0.220. The van der Waals surface area contributed by atoms with E-state index in [9.17, 15) is 14.1 Å². The van der Waals surface area contributed by atoms with E-state index in [1.165, 1.54) is 7.11 Å². The average Bonchev–Trinajstić information content (AvgIpc) is 3.01. The van der Waals surface area contributed by atoms with Gasteiger partial charge in [-0.05, 0) is 61.1 Å². The third-order valence-corrected chi connectivity index (χ3v) is 8.41. The van der Waals surface area contributed by atoms with Crippen LogP contribution in [0.4, 0.5) is 5.95 Å². The molecular weight excluding hydrogens is 578 g/mol. The monoisotopic (exact) mass is 613 g/mol. The molecule has 0 saturated carbocycles. The number of anilines is 1. The molecule has 1 unspecified atom stereocenters. The molecule has 10 nitrogen and oxygen atoms in total. The zero-order chi connectivity index (χ0) is 31.4. The number of amides is 1. The molecule has 0 fully saturated rings. The fourth-order valence-electron chi connectivity index (χ4n) is 5.26. The van der Waals surface area contributed by atoms with Crippen LogP contribution in [0.5, 0.6) is 5.88 Å². The molecule has 4 bridgehead atoms. The highest BCUT2D eigenvalue weighted by atomic mass is 32.2. The lowest BCUT2D eigenvalue weighted by Gasteiger charge is -2.33. The van der Waals surface area contributed by atoms with E-state index in [1.54, 1.807) is 53.6 Å². The van der Waals surface area contributed by atoms with Gasteiger partial charge in [0.25, 0.3) is 11.9 Å². The number of methoxy groups -OCH3 is 1. The van der Waals surface area contributed by atoms with Gasteiger partial charge in [0.2, 0.25) is 5.88 Å². The van der Waals surface area contributed by atoms with Gasteiger partial charge >= 0.3 is 5.97 Å². The lowest BCUT2D eigenvalue weighted by molar-refractivity contribution is 0.0549. The van der Waals surface area contributed by atoms with Crippen LogP contribution >= 0.6 is 0 Å². The van der Waals surface area contributed by atoms with Crippen molar-refractivity contribution in [3.05, 3.63) is 94.8 Å². The van der Waals surface area contributed by atoms with Crippen molar-refractivity contribution < 1.29 is 23.6 Å². The molecule has 228 valence electrons. The molecule has 44 heavy (non-hydrogen) atoms. The second-order valence-corrected chi connectivity index (χ2v) is 12.4. The standard InChI is InChI=1S/C33H35N5O5S/c1-20(2)14-25-19-43-29-16-28(30-21(3)8-6-9-22(30)4)35-33(36-29)37-44(41)26-11-7-10-24(15-26)31(39)38(25)18-23-12-13-27(34-17-23)32(40)42-5/h6-13,15-17,20,25H,14,18-19H2,1-5H3,(H,35,36,37)/t25-,44?/m1/s1. The van der Waals surface area contributed by atoms with Crippen LogP contribution in [0.25, 0.3) is 11.3 Å². The Morgan fingerprint density at radius 3 is 2.55 bits per heavy atom. The van der Waals surface area contributed by atoms with Gasteiger partial charge in [0.1, 0.15) is 23.7 Å². The summed E-state index contributed by atoms with van der Waals surface area (Å²) >= 11 is -1.76. The van der Waals surface area contributed by atoms with Gasteiger partial charge in [-0.2, -0.15) is 9.71 Å². The van der Waals surface area contributed by atoms with E-state index in [1.807, 2.05) is 32.0 Å². The number of aromatic nitrogens is 3. The number of carbonyl (C=O) groups is 2. The van der Waals surface area contributed by atoms with Crippen LogP contribution in [-0.4, -0.2) is 56.0 Å². The Bertz CT molecular complexity index is 1640. The number of carbonyl (C=O) groups excluding carboxylic acids is 2. The molecule has 0 saturated heterocycles. The molecule has 0 spiro atoms. The van der Waals surface area contributed by atoms with Gasteiger partial charge in [-0.3, -0.25) is 4.79 Å². The lowest BCUT2D eigenvalue weighted by atomic mass is 10.00. The first-order valence-corrected chi connectivity index (χ1v) is 15.5. The van der Waals surface area contributed by atoms with Gasteiger partial charge in [-0.25, -0.2) is 14.8 Å². The number of hydrogen-bond acceptors (Lipinski definition) is 9. The maximum atomic E-state index is 14.2. The molecule has 4 aromatic rings. The van der Waals surface area contributed by atoms with Crippen LogP contribution in [0.1, 0.15) is 57.8 Å². The van der Waals surface area contributed by atoms with E-state index in [0.29, 0.717) is 28.5 Å². The molecule has 0 aliphatic carbocycles. The first kappa shape index (κ1) is 31.0. The molecule has 5 rings (SSSR count). The van der Waals surface area contributed by atoms with Crippen molar-refractivity contribution in [1.82, 2.24) is 19.9 Å². The number of aryl methyl sites for hydroxylation is 2. The zero-order valence-corrected chi connectivity index (χ0v) is 26.2. The first-order valence-electron chi connectivity index (χ1n) is 14.3. The first-order chi connectivity index (χ1) is 21.1. The third-order valence-electron chi connectivity index (χ3n) is 7.36. The van der Waals surface area contributed by atoms with Gasteiger partial charge < -0.3 is 18.9 Å². The summed E-state index contributed by atoms with van der Waals surface area (Å²) in [5.74, 6) is -0.0923. The molecular formula is C33H35N5O5S. The fourth-order valence-corrected chi connectivity index (χ4v) is 6.07. The molecule has 3 heterocycles. The van der Waals surface area contributed by atoms with Gasteiger partial charge in [0.05, 0.1) is 18.8 Å². The van der Waals surface area contributed by atoms with Crippen molar-refractivity contribution >= 4 is 29.2 Å². The number of nitrogens with zero attached hydrogens (tertiary/aromatic N) is 4. The van der Waals surface area contributed by atoms with Gasteiger partial charge in [0.15, 0.2) is 4.90 Å². The molecule has 1 N–H and O–H groups in total. The number of ether oxygens (including phenoxy) is 2. The van der Waals surface area contributed by atoms with E-state index < -0.39 is 17.3 Å². The molecule has 2 atom stereocenters. The van der Waals surface area contributed by atoms with Gasteiger partial charge in [0, 0.05) is 36.0 Å². The minimum Gasteiger partial charge on any atom is -0.588 e. The summed E-state index contributed by atoms with van der Waals surface area (Å²) in [4.78, 5) is 41.7. The maximum absolute atomic E-state index is 14.2. The Balaban J connectivity index is 1.59. The van der Waals surface area contributed by atoms with Crippen molar-refractivity contribution in [2.24, 2.45) is 5.92 Å². The molecule has 0 radical (unpaired) electrons. The second kappa shape index (κ2) is 13.4. The van der Waals surface area contributed by atoms with Crippen molar-refractivity contribution in [2.75, 3.05) is 18.4 Å². The van der Waals surface area contributed by atoms with Crippen LogP contribution in [0, 0.1) is 19.8 Å². The molecule has 2 aromatic carbocycles. The summed E-state index contributed by atoms with van der Waals surface area (Å²) in [5.41, 5.74) is 4.94. The summed E-state index contributed by atoms with van der Waals surface area (Å²) in [6.45, 7) is 8.57. The van der Waals surface area contributed by atoms with Crippen molar-refractivity contribution in [3.8, 4) is 17.1 Å². The highest BCUT2D eigenvalue weighted by molar-refractivity contribution is 7.92. The van der Waals surface area contributed by atoms with E-state index in [-0.39, 0.29) is 42.7 Å². The Labute approximate surface area is 260 Å². The van der Waals surface area contributed by atoms with E-state index in [0.717, 1.165) is 22.3 Å². The minimum atomic E-state index is -1.76. The van der Waals surface area contributed by atoms with Crippen LogP contribution in [0.3, 0.4) is 0 Å². The Kier molecular flexibility index (Phi) is 9.46. The van der Waals surface area contributed by atoms with Crippen LogP contribution in [0.2, 0.25) is 0 Å². The highest BCUT2D eigenvalue weighted by Gasteiger charge is 2.29. The maximum Gasteiger partial charge on any atom is 0.356 e. The number of hydrogen-bond donors (Lipinski definition) is 1. The second-order valence-electron chi connectivity index (χ2n) is 11.2. The SMILES string of the molecule is COC(=O)c1ccc(CN2C(=O)c3cccc(c3)[S+]([O-])Nc3nc(cc(-c4c(C)cccc4C)n3)OC[C@H]2CC(C)C)cn1. The summed E-state index contributed by atoms with van der Waals surface area (Å²) in [6.07, 6.45) is 2.21. The predicted octanol–water partition coefficient (Wildman–Crippen LogP) is 5.53. The smallest absolute Gasteiger partial charge is 0.356 e. The number of pyridine rings is 1. The van der Waals surface area contributed by atoms with Crippen LogP contribution < -0.4 is 9.46 Å². The normalized spacial score (nSPS) is 16.7. The molecule has 1 amide bonds. The van der Waals surface area contributed by atoms with E-state index in [4.69, 9.17) is 14.5 Å². The van der Waals surface area contributed by atoms with E-state index >= 15 is 0 Å². The zero-order valence-electron chi connectivity index (χ0n) is 25.4. The predicted molar refractivity (Wildman–Crippen MR) is 168 cm³/mol. The number of nitrogens with one attached hydrogen (secondary N) is 1. The van der Waals surface area contributed by atoms with Crippen LogP contribution in [0.15, 0.2) is 71.8 Å². The molecule has 1 aliphatic heterocycles.